The minimum atomic E-state index is -2.65. The van der Waals surface area contributed by atoms with Gasteiger partial charge in [-0.3, -0.25) is 4.79 Å². The molecule has 30 heavy (non-hydrogen) atoms. The van der Waals surface area contributed by atoms with E-state index >= 15 is 0 Å². The highest BCUT2D eigenvalue weighted by molar-refractivity contribution is 7.66. The van der Waals surface area contributed by atoms with Gasteiger partial charge >= 0.3 is 13.3 Å². The van der Waals surface area contributed by atoms with Gasteiger partial charge in [0.25, 0.3) is 0 Å². The molecule has 0 aliphatic rings. The number of hydrogen-bond acceptors (Lipinski definition) is 8. The molecule has 8 nitrogen and oxygen atoms in total. The zero-order valence-corrected chi connectivity index (χ0v) is 18.6. The lowest BCUT2D eigenvalue weighted by Crippen LogP contribution is -2.17. The second kappa shape index (κ2) is 10.1. The molecule has 0 fully saturated rings. The third-order valence-electron chi connectivity index (χ3n) is 4.53. The molecule has 0 saturated carbocycles. The Morgan fingerprint density at radius 3 is 1.73 bits per heavy atom. The van der Waals surface area contributed by atoms with Crippen molar-refractivity contribution in [2.75, 3.05) is 35.5 Å². The van der Waals surface area contributed by atoms with Crippen LogP contribution in [0.2, 0.25) is 0 Å². The maximum absolute atomic E-state index is 13.0. The molecule has 0 radical (unpaired) electrons. The number of hydrogen-bond donors (Lipinski definition) is 0. The molecule has 2 aromatic carbocycles. The fourth-order valence-corrected chi connectivity index (χ4v) is 3.98. The fraction of sp³-hybridized carbons (Fsp3) is 0.333. The summed E-state index contributed by atoms with van der Waals surface area (Å²) in [5.74, 6) is 0.964. The van der Waals surface area contributed by atoms with E-state index in [1.165, 1.54) is 60.7 Å². The maximum Gasteiger partial charge on any atom is 0.431 e. The van der Waals surface area contributed by atoms with Crippen LogP contribution in [-0.4, -0.2) is 52.5 Å². The molecule has 0 saturated heterocycles. The molecule has 2 rings (SSSR count). The summed E-state index contributed by atoms with van der Waals surface area (Å²) in [7, 11) is 4.44. The normalized spacial score (nSPS) is 11.9. The smallest absolute Gasteiger partial charge is 0.431 e. The summed E-state index contributed by atoms with van der Waals surface area (Å²) in [5, 5.41) is 0. The van der Waals surface area contributed by atoms with E-state index in [-0.39, 0.29) is 28.4 Å². The Morgan fingerprint density at radius 2 is 1.27 bits per heavy atom. The Kier molecular flexibility index (Phi) is 7.78. The summed E-state index contributed by atoms with van der Waals surface area (Å²) in [6, 6.07) is 7.62. The van der Waals surface area contributed by atoms with Crippen LogP contribution < -0.4 is 23.7 Å². The number of ether oxygens (including phenoxy) is 5. The standard InChI is InChI=1S/C21H24O8P/c1-12(20(22)15-8-7-13(25-2)9-16(15)27-4)30(24)21(23)19-17(28-5)10-14(26-3)11-18(19)29-6/h7-12H,1-6H3/q+1. The molecule has 0 aliphatic heterocycles. The van der Waals surface area contributed by atoms with E-state index in [0.717, 1.165) is 0 Å². The molecule has 0 heterocycles. The van der Waals surface area contributed by atoms with E-state index in [9.17, 15) is 14.2 Å². The van der Waals surface area contributed by atoms with Crippen LogP contribution in [0, 0.1) is 0 Å². The number of Topliss-reactive ketones (excluding diaryl/α,β-unsaturated/α-hetero) is 1. The Morgan fingerprint density at radius 1 is 0.767 bits per heavy atom. The van der Waals surface area contributed by atoms with Gasteiger partial charge in [-0.1, -0.05) is 4.57 Å². The summed E-state index contributed by atoms with van der Waals surface area (Å²) in [4.78, 5) is 26.0. The van der Waals surface area contributed by atoms with Gasteiger partial charge in [-0.15, -0.1) is 0 Å². The zero-order chi connectivity index (χ0) is 22.4. The zero-order valence-electron chi connectivity index (χ0n) is 17.7. The number of ketones is 1. The number of rotatable bonds is 10. The van der Waals surface area contributed by atoms with E-state index in [2.05, 4.69) is 0 Å². The maximum atomic E-state index is 13.0. The van der Waals surface area contributed by atoms with Crippen LogP contribution >= 0.6 is 7.80 Å². The highest BCUT2D eigenvalue weighted by atomic mass is 31.1. The van der Waals surface area contributed by atoms with Crippen LogP contribution in [0.25, 0.3) is 0 Å². The van der Waals surface area contributed by atoms with Crippen LogP contribution in [0.1, 0.15) is 27.6 Å². The summed E-state index contributed by atoms with van der Waals surface area (Å²) in [6.45, 7) is 1.44. The largest absolute Gasteiger partial charge is 0.497 e. The lowest BCUT2D eigenvalue weighted by atomic mass is 10.1. The SMILES string of the molecule is COc1ccc(C(=O)C(C)[P+](=O)C(=O)c2c(OC)cc(OC)cc2OC)c(OC)c1. The van der Waals surface area contributed by atoms with Gasteiger partial charge in [0, 0.05) is 18.2 Å². The van der Waals surface area contributed by atoms with Crippen LogP contribution in [0.3, 0.4) is 0 Å². The van der Waals surface area contributed by atoms with Crippen molar-refractivity contribution in [2.24, 2.45) is 0 Å². The van der Waals surface area contributed by atoms with E-state index in [0.29, 0.717) is 11.5 Å². The van der Waals surface area contributed by atoms with E-state index < -0.39 is 24.8 Å². The highest BCUT2D eigenvalue weighted by Crippen LogP contribution is 2.43. The topological polar surface area (TPSA) is 97.4 Å². The Bertz CT molecular complexity index is 944. The first kappa shape index (κ1) is 23.2. The molecule has 0 spiro atoms. The molecule has 0 N–H and O–H groups in total. The van der Waals surface area contributed by atoms with E-state index in [1.54, 1.807) is 12.1 Å². The predicted molar refractivity (Wildman–Crippen MR) is 111 cm³/mol. The number of carbonyl (C=O) groups is 2. The van der Waals surface area contributed by atoms with Gasteiger partial charge in [-0.25, -0.2) is 4.79 Å². The highest BCUT2D eigenvalue weighted by Gasteiger charge is 2.45. The molecule has 9 heteroatoms. The van der Waals surface area contributed by atoms with Crippen molar-refractivity contribution in [3.05, 3.63) is 41.5 Å². The van der Waals surface area contributed by atoms with Gasteiger partial charge in [-0.2, -0.15) is 0 Å². The van der Waals surface area contributed by atoms with Gasteiger partial charge in [-0.05, 0) is 19.1 Å². The summed E-state index contributed by atoms with van der Waals surface area (Å²) in [5.41, 5.74) is -1.67. The summed E-state index contributed by atoms with van der Waals surface area (Å²) >= 11 is 0. The predicted octanol–water partition coefficient (Wildman–Crippen LogP) is 3.97. The minimum absolute atomic E-state index is 0.0109. The molecule has 0 bridgehead atoms. The van der Waals surface area contributed by atoms with Gasteiger partial charge in [0.15, 0.2) is 5.56 Å². The van der Waals surface area contributed by atoms with Crippen molar-refractivity contribution >= 4 is 19.1 Å². The average Bonchev–Trinajstić information content (AvgIpc) is 2.80. The Hall–Kier alpha value is -3.12. The second-order valence-electron chi connectivity index (χ2n) is 6.14. The van der Waals surface area contributed by atoms with Gasteiger partial charge in [0.1, 0.15) is 28.7 Å². The minimum Gasteiger partial charge on any atom is -0.497 e. The Balaban J connectivity index is 2.41. The second-order valence-corrected chi connectivity index (χ2v) is 7.98. The molecule has 2 aromatic rings. The summed E-state index contributed by atoms with van der Waals surface area (Å²) < 4.78 is 39.1. The van der Waals surface area contributed by atoms with Gasteiger partial charge in [0.05, 0.1) is 41.1 Å². The summed E-state index contributed by atoms with van der Waals surface area (Å²) in [6.07, 6.45) is 0. The third-order valence-corrected chi connectivity index (χ3v) is 6.10. The van der Waals surface area contributed by atoms with Gasteiger partial charge < -0.3 is 23.7 Å². The molecular formula is C21H24O8P+. The molecule has 0 aromatic heterocycles. The van der Waals surface area contributed by atoms with Crippen LogP contribution in [0.5, 0.6) is 28.7 Å². The molecule has 2 unspecified atom stereocenters. The van der Waals surface area contributed by atoms with Crippen molar-refractivity contribution in [3.63, 3.8) is 0 Å². The van der Waals surface area contributed by atoms with Crippen molar-refractivity contribution < 1.29 is 37.8 Å². The van der Waals surface area contributed by atoms with Crippen LogP contribution in [0.4, 0.5) is 0 Å². The molecular weight excluding hydrogens is 411 g/mol. The van der Waals surface area contributed by atoms with Crippen molar-refractivity contribution in [1.29, 1.82) is 0 Å². The van der Waals surface area contributed by atoms with E-state index in [4.69, 9.17) is 23.7 Å². The number of methoxy groups -OCH3 is 5. The monoisotopic (exact) mass is 435 g/mol. The molecule has 2 atom stereocenters. The first-order chi connectivity index (χ1) is 14.3. The number of benzene rings is 2. The molecule has 160 valence electrons. The van der Waals surface area contributed by atoms with Crippen molar-refractivity contribution in [3.8, 4) is 28.7 Å². The fourth-order valence-electron chi connectivity index (χ4n) is 2.84. The third kappa shape index (κ3) is 4.54. The van der Waals surface area contributed by atoms with Crippen LogP contribution in [0.15, 0.2) is 30.3 Å². The van der Waals surface area contributed by atoms with E-state index in [1.807, 2.05) is 0 Å². The lowest BCUT2D eigenvalue weighted by molar-refractivity contribution is 0.0979. The lowest BCUT2D eigenvalue weighted by Gasteiger charge is -2.12. The van der Waals surface area contributed by atoms with Crippen LogP contribution in [-0.2, 0) is 4.57 Å². The average molecular weight is 435 g/mol. The molecule has 0 aliphatic carbocycles. The van der Waals surface area contributed by atoms with Gasteiger partial charge in [0.2, 0.25) is 11.4 Å². The van der Waals surface area contributed by atoms with Crippen molar-refractivity contribution in [1.82, 2.24) is 0 Å². The first-order valence-electron chi connectivity index (χ1n) is 8.89. The van der Waals surface area contributed by atoms with Crippen molar-refractivity contribution in [2.45, 2.75) is 12.6 Å². The Labute approximate surface area is 175 Å². The number of carbonyl (C=O) groups excluding carboxylic acids is 2. The first-order valence-corrected chi connectivity index (χ1v) is 10.2. The molecule has 0 amide bonds. The quantitative estimate of drug-likeness (QED) is 0.409.